The summed E-state index contributed by atoms with van der Waals surface area (Å²) in [6.07, 6.45) is 12.0. The number of terminal acetylenes is 1. The molecule has 0 aliphatic carbocycles. The van der Waals surface area contributed by atoms with E-state index in [0.717, 1.165) is 45.2 Å². The van der Waals surface area contributed by atoms with Crippen molar-refractivity contribution in [1.82, 2.24) is 30.5 Å². The Balaban J connectivity index is 1.20. The van der Waals surface area contributed by atoms with Gasteiger partial charge in [0, 0.05) is 55.8 Å². The van der Waals surface area contributed by atoms with Crippen molar-refractivity contribution < 1.29 is 28.2 Å². The van der Waals surface area contributed by atoms with Crippen molar-refractivity contribution in [3.05, 3.63) is 47.7 Å². The van der Waals surface area contributed by atoms with Crippen LogP contribution in [-0.4, -0.2) is 100 Å². The van der Waals surface area contributed by atoms with E-state index in [2.05, 4.69) is 36.3 Å². The Morgan fingerprint density at radius 3 is 2.94 bits per heavy atom. The first-order chi connectivity index (χ1) is 24.2. The lowest BCUT2D eigenvalue weighted by atomic mass is 9.94. The van der Waals surface area contributed by atoms with Crippen molar-refractivity contribution in [3.63, 3.8) is 0 Å². The zero-order valence-corrected chi connectivity index (χ0v) is 27.5. The van der Waals surface area contributed by atoms with E-state index in [1.807, 2.05) is 0 Å². The Morgan fingerprint density at radius 2 is 2.06 bits per heavy atom. The van der Waals surface area contributed by atoms with Crippen molar-refractivity contribution in [2.75, 3.05) is 50.8 Å². The number of fused-ring (bicyclic) bond motifs is 9. The largest absolute Gasteiger partial charge is 0.508 e. The Morgan fingerprint density at radius 1 is 1.16 bits per heavy atom. The number of aromatic hydroxyl groups is 1. The van der Waals surface area contributed by atoms with E-state index in [-0.39, 0.29) is 69.5 Å². The normalized spacial score (nSPS) is 28.3. The first-order valence-corrected chi connectivity index (χ1v) is 17.3. The number of carbonyl (C=O) groups is 1. The van der Waals surface area contributed by atoms with Gasteiger partial charge < -0.3 is 30.1 Å². The molecule has 4 atom stereocenters. The summed E-state index contributed by atoms with van der Waals surface area (Å²) >= 11 is 0. The van der Waals surface area contributed by atoms with Crippen molar-refractivity contribution >= 4 is 33.4 Å². The van der Waals surface area contributed by atoms with Crippen LogP contribution in [-0.2, 0) is 9.53 Å². The molecule has 2 aromatic heterocycles. The van der Waals surface area contributed by atoms with Gasteiger partial charge >= 0.3 is 6.01 Å². The number of piperazine rings is 1. The molecular weight excluding hydrogens is 644 g/mol. The number of benzene rings is 2. The average molecular weight is 682 g/mol. The van der Waals surface area contributed by atoms with Gasteiger partial charge in [0.05, 0.1) is 34.7 Å². The molecule has 0 radical (unpaired) electrons. The molecule has 3 N–H and O–H groups in total. The first-order valence-electron chi connectivity index (χ1n) is 17.3. The van der Waals surface area contributed by atoms with Crippen LogP contribution in [0.5, 0.6) is 11.8 Å². The quantitative estimate of drug-likeness (QED) is 0.257. The molecule has 9 rings (SSSR count). The van der Waals surface area contributed by atoms with Gasteiger partial charge in [-0.05, 0) is 62.2 Å². The van der Waals surface area contributed by atoms with Gasteiger partial charge in [0.25, 0.3) is 0 Å². The lowest BCUT2D eigenvalue weighted by Crippen LogP contribution is -2.64. The highest BCUT2D eigenvalue weighted by Gasteiger charge is 2.50. The predicted molar refractivity (Wildman–Crippen MR) is 182 cm³/mol. The van der Waals surface area contributed by atoms with Gasteiger partial charge in [-0.25, -0.2) is 8.78 Å². The molecule has 13 heteroatoms. The summed E-state index contributed by atoms with van der Waals surface area (Å²) in [5.74, 6) is 1.27. The van der Waals surface area contributed by atoms with Crippen LogP contribution in [0, 0.1) is 24.0 Å². The summed E-state index contributed by atoms with van der Waals surface area (Å²) < 4.78 is 44.6. The summed E-state index contributed by atoms with van der Waals surface area (Å²) in [6.45, 7) is 3.87. The summed E-state index contributed by atoms with van der Waals surface area (Å²) in [7, 11) is 0. The summed E-state index contributed by atoms with van der Waals surface area (Å²) in [6, 6.07) is 5.68. The smallest absolute Gasteiger partial charge is 0.319 e. The van der Waals surface area contributed by atoms with Crippen molar-refractivity contribution in [1.29, 1.82) is 0 Å². The van der Waals surface area contributed by atoms with Crippen molar-refractivity contribution in [2.45, 2.75) is 61.7 Å². The van der Waals surface area contributed by atoms with Gasteiger partial charge in [-0.3, -0.25) is 14.7 Å². The van der Waals surface area contributed by atoms with Gasteiger partial charge in [0.2, 0.25) is 5.91 Å². The van der Waals surface area contributed by atoms with E-state index >= 15 is 4.39 Å². The zero-order valence-electron chi connectivity index (χ0n) is 27.5. The van der Waals surface area contributed by atoms with Gasteiger partial charge in [-0.1, -0.05) is 12.0 Å². The zero-order chi connectivity index (χ0) is 34.2. The van der Waals surface area contributed by atoms with Crippen molar-refractivity contribution in [3.8, 4) is 35.4 Å². The predicted octanol–water partition coefficient (Wildman–Crippen LogP) is 3.64. The van der Waals surface area contributed by atoms with Crippen LogP contribution in [0.4, 0.5) is 14.6 Å². The standard InChI is InChI=1S/C37H37F2N7O4/c1-2-25-28(38)5-4-21-12-23(47)13-26(30(21)25)32-31(39)33-27(15-40-32)34-43-35(42-33)50-20-37-8-3-10-46(37)17-24(14-37)49-11-7-29(48)41-18-36-9-6-22(44-36)16-45(34)19-36/h1,4-5,12-13,15,22,24,44,47H,3,6-11,14,16-20H2,(H,41,48)/t22-,24+,36-,37+/m0/s1. The maximum absolute atomic E-state index is 17.0. The third-order valence-corrected chi connectivity index (χ3v) is 11.4. The van der Waals surface area contributed by atoms with E-state index in [4.69, 9.17) is 20.9 Å². The molecule has 4 fully saturated rings. The molecule has 7 heterocycles. The molecule has 1 amide bonds. The number of nitrogens with one attached hydrogen (secondary N) is 2. The third-order valence-electron chi connectivity index (χ3n) is 11.4. The van der Waals surface area contributed by atoms with Crippen LogP contribution < -0.4 is 20.3 Å². The van der Waals surface area contributed by atoms with Gasteiger partial charge in [-0.15, -0.1) is 6.42 Å². The van der Waals surface area contributed by atoms with E-state index in [9.17, 15) is 14.3 Å². The number of phenols is 1. The highest BCUT2D eigenvalue weighted by Crippen LogP contribution is 2.42. The minimum absolute atomic E-state index is 0.00953. The van der Waals surface area contributed by atoms with E-state index in [0.29, 0.717) is 49.4 Å². The minimum Gasteiger partial charge on any atom is -0.508 e. The molecular formula is C37H37F2N7O4. The molecule has 258 valence electrons. The monoisotopic (exact) mass is 681 g/mol. The highest BCUT2D eigenvalue weighted by atomic mass is 19.1. The molecule has 7 bridgehead atoms. The molecule has 2 spiro atoms. The molecule has 11 nitrogen and oxygen atoms in total. The number of carbonyl (C=O) groups excluding carboxylic acids is 1. The molecule has 5 aliphatic rings. The molecule has 2 aromatic carbocycles. The summed E-state index contributed by atoms with van der Waals surface area (Å²) in [5.41, 5.74) is -0.739. The number of halogens is 2. The molecule has 50 heavy (non-hydrogen) atoms. The molecule has 0 unspecified atom stereocenters. The van der Waals surface area contributed by atoms with Crippen LogP contribution in [0.25, 0.3) is 32.9 Å². The number of nitrogens with zero attached hydrogens (tertiary/aromatic N) is 5. The maximum atomic E-state index is 17.0. The van der Waals surface area contributed by atoms with Gasteiger partial charge in [-0.2, -0.15) is 9.97 Å². The number of hydrogen-bond acceptors (Lipinski definition) is 10. The highest BCUT2D eigenvalue weighted by molar-refractivity contribution is 6.03. The number of rotatable bonds is 1. The Kier molecular flexibility index (Phi) is 7.35. The lowest BCUT2D eigenvalue weighted by Gasteiger charge is -2.42. The Hall–Kier alpha value is -4.64. The minimum atomic E-state index is -0.768. The van der Waals surface area contributed by atoms with E-state index < -0.39 is 17.2 Å². The van der Waals surface area contributed by atoms with Crippen molar-refractivity contribution in [2.24, 2.45) is 0 Å². The molecule has 4 saturated heterocycles. The van der Waals surface area contributed by atoms with Crippen LogP contribution in [0.15, 0.2) is 30.5 Å². The second kappa shape index (κ2) is 11.7. The number of aromatic nitrogens is 3. The average Bonchev–Trinajstić information content (AvgIpc) is 3.75. The fraction of sp³-hybridized carbons (Fsp3) is 0.459. The Bertz CT molecular complexity index is 2110. The lowest BCUT2D eigenvalue weighted by molar-refractivity contribution is -0.122. The number of phenolic OH excluding ortho intramolecular Hbond substituents is 1. The number of anilines is 1. The van der Waals surface area contributed by atoms with Crippen LogP contribution in [0.3, 0.4) is 0 Å². The topological polar surface area (TPSA) is 125 Å². The molecule has 4 aromatic rings. The molecule has 5 aliphatic heterocycles. The first kappa shape index (κ1) is 31.3. The number of pyridine rings is 1. The summed E-state index contributed by atoms with van der Waals surface area (Å²) in [4.78, 5) is 31.6. The second-order valence-corrected chi connectivity index (χ2v) is 14.5. The van der Waals surface area contributed by atoms with E-state index in [1.54, 1.807) is 0 Å². The SMILES string of the molecule is C#Cc1c(F)ccc2cc(O)cc(-c3ncc4c5nc(nc4c3F)OC[C@]34CCCN3C[C@@H](C4)OCCC(=O)NC[C@@]34CC[C@@H](CN5C3)N4)c12. The maximum Gasteiger partial charge on any atom is 0.319 e. The van der Waals surface area contributed by atoms with Gasteiger partial charge in [0.1, 0.15) is 35.2 Å². The van der Waals surface area contributed by atoms with Crippen LogP contribution >= 0.6 is 0 Å². The number of ether oxygens (including phenoxy) is 2. The number of hydrogen-bond donors (Lipinski definition) is 3. The van der Waals surface area contributed by atoms with Crippen LogP contribution in [0.2, 0.25) is 0 Å². The fourth-order valence-electron chi connectivity index (χ4n) is 9.06. The summed E-state index contributed by atoms with van der Waals surface area (Å²) in [5, 5.41) is 18.6. The van der Waals surface area contributed by atoms with Crippen LogP contribution in [0.1, 0.15) is 44.1 Å². The second-order valence-electron chi connectivity index (χ2n) is 14.5. The number of amides is 1. The third kappa shape index (κ3) is 5.11. The fourth-order valence-corrected chi connectivity index (χ4v) is 9.06. The molecule has 0 saturated carbocycles. The van der Waals surface area contributed by atoms with Gasteiger partial charge in [0.15, 0.2) is 5.82 Å². The Labute approximate surface area is 287 Å². The van der Waals surface area contributed by atoms with E-state index in [1.165, 1.54) is 30.5 Å².